The van der Waals surface area contributed by atoms with Gasteiger partial charge < -0.3 is 43.4 Å². The van der Waals surface area contributed by atoms with E-state index in [1.807, 2.05) is 60.6 Å². The Labute approximate surface area is 375 Å². The monoisotopic (exact) mass is 896 g/mol. The molecule has 0 saturated heterocycles. The molecule has 16 heteroatoms. The smallest absolute Gasteiger partial charge is 0.410 e. The molecule has 0 unspecified atom stereocenters. The fourth-order valence-corrected chi connectivity index (χ4v) is 6.82. The quantitative estimate of drug-likeness (QED) is 0.0582. The minimum absolute atomic E-state index is 0.0708. The van der Waals surface area contributed by atoms with E-state index in [0.717, 1.165) is 5.56 Å². The van der Waals surface area contributed by atoms with Gasteiger partial charge in [0.05, 0.1) is 65.5 Å². The van der Waals surface area contributed by atoms with Crippen molar-refractivity contribution in [1.82, 2.24) is 15.1 Å². The molecule has 0 spiro atoms. The maximum absolute atomic E-state index is 14.7. The van der Waals surface area contributed by atoms with Gasteiger partial charge in [0.1, 0.15) is 30.0 Å². The van der Waals surface area contributed by atoms with E-state index in [-0.39, 0.29) is 23.5 Å². The Bertz CT molecular complexity index is 1570. The first-order valence-electron chi connectivity index (χ1n) is 21.4. The van der Waals surface area contributed by atoms with Gasteiger partial charge in [-0.3, -0.25) is 19.3 Å². The van der Waals surface area contributed by atoms with E-state index in [1.165, 1.54) is 30.6 Å². The Morgan fingerprint density at radius 3 is 1.69 bits per heavy atom. The number of hydrogen-bond acceptors (Lipinski definition) is 13. The number of benzene rings is 1. The molecule has 15 nitrogen and oxygen atoms in total. The van der Waals surface area contributed by atoms with Gasteiger partial charge in [0.25, 0.3) is 0 Å². The number of carbonyl (C=O) groups is 5. The maximum atomic E-state index is 14.7. The Kier molecular flexibility index (Phi) is 25.0. The summed E-state index contributed by atoms with van der Waals surface area (Å²) in [6, 6.07) is 4.69. The van der Waals surface area contributed by atoms with Crippen LogP contribution in [0.2, 0.25) is 0 Å². The standard InChI is InChI=1S/C46H77N3O12S/c1-16-59-42(53)33(4)31-37(32(2)3)48(14)41(52)38(44(6,7)8)47-40(51)39(49(15)43(54)61-45(9,10)11)46(12,13)35-17-19-36(20-18-35)60-28-27-57-24-23-55-21-22-56-25-26-58-29-30-62-34(5)50/h17-20,31-32,37-39H,16,21-30H2,1-15H3,(H,47,51)/b33-31+/t37-,38-,39-/m1/s1. The summed E-state index contributed by atoms with van der Waals surface area (Å²) in [5.41, 5.74) is -1.46. The Balaban J connectivity index is 3.05. The normalized spacial score (nSPS) is 13.8. The van der Waals surface area contributed by atoms with Crippen molar-refractivity contribution in [3.05, 3.63) is 41.5 Å². The maximum Gasteiger partial charge on any atom is 0.410 e. The summed E-state index contributed by atoms with van der Waals surface area (Å²) < 4.78 is 38.9. The van der Waals surface area contributed by atoms with Crippen LogP contribution in [0.3, 0.4) is 0 Å². The molecule has 354 valence electrons. The van der Waals surface area contributed by atoms with Gasteiger partial charge in [0.2, 0.25) is 11.8 Å². The molecule has 0 aliphatic heterocycles. The van der Waals surface area contributed by atoms with Crippen molar-refractivity contribution >= 4 is 40.8 Å². The fraction of sp³-hybridized carbons (Fsp3) is 0.717. The van der Waals surface area contributed by atoms with E-state index in [4.69, 9.17) is 33.2 Å². The molecule has 0 saturated carbocycles. The largest absolute Gasteiger partial charge is 0.491 e. The van der Waals surface area contributed by atoms with E-state index < -0.39 is 52.5 Å². The molecule has 0 radical (unpaired) electrons. The van der Waals surface area contributed by atoms with Gasteiger partial charge >= 0.3 is 12.1 Å². The van der Waals surface area contributed by atoms with Gasteiger partial charge in [0, 0.05) is 37.8 Å². The molecule has 0 aliphatic carbocycles. The molecular weight excluding hydrogens is 819 g/mol. The van der Waals surface area contributed by atoms with Crippen LogP contribution in [0, 0.1) is 11.3 Å². The van der Waals surface area contributed by atoms with Crippen LogP contribution >= 0.6 is 11.8 Å². The van der Waals surface area contributed by atoms with Crippen molar-refractivity contribution in [3.63, 3.8) is 0 Å². The van der Waals surface area contributed by atoms with Crippen LogP contribution in [0.4, 0.5) is 4.79 Å². The van der Waals surface area contributed by atoms with Crippen LogP contribution in [0.5, 0.6) is 5.75 Å². The lowest BCUT2D eigenvalue weighted by molar-refractivity contribution is -0.142. The Morgan fingerprint density at radius 2 is 1.24 bits per heavy atom. The van der Waals surface area contributed by atoms with Crippen molar-refractivity contribution in [2.75, 3.05) is 85.9 Å². The highest BCUT2D eigenvalue weighted by Crippen LogP contribution is 2.33. The molecule has 62 heavy (non-hydrogen) atoms. The van der Waals surface area contributed by atoms with Gasteiger partial charge in [-0.25, -0.2) is 9.59 Å². The molecule has 3 amide bonds. The number of rotatable bonds is 27. The molecule has 1 aromatic carbocycles. The van der Waals surface area contributed by atoms with Crippen LogP contribution in [0.25, 0.3) is 0 Å². The number of ether oxygens (including phenoxy) is 7. The second-order valence-corrected chi connectivity index (χ2v) is 19.2. The number of nitrogens with one attached hydrogen (secondary N) is 1. The van der Waals surface area contributed by atoms with Crippen molar-refractivity contribution in [2.24, 2.45) is 11.3 Å². The van der Waals surface area contributed by atoms with E-state index in [2.05, 4.69) is 5.32 Å². The number of hydrogen-bond donors (Lipinski definition) is 1. The SMILES string of the molecule is CCOC(=O)/C(C)=C/[C@H](C(C)C)N(C)C(=O)[C@@H](NC(=O)[C@@H](N(C)C(=O)OC(C)(C)C)C(C)(C)c1ccc(OCCOCCOCCOCCOCCSC(C)=O)cc1)C(C)(C)C. The summed E-state index contributed by atoms with van der Waals surface area (Å²) in [4.78, 5) is 68.9. The van der Waals surface area contributed by atoms with Crippen LogP contribution in [0.1, 0.15) is 95.6 Å². The first-order chi connectivity index (χ1) is 28.8. The van der Waals surface area contributed by atoms with Crippen molar-refractivity contribution in [2.45, 2.75) is 119 Å². The van der Waals surface area contributed by atoms with E-state index in [9.17, 15) is 24.0 Å². The summed E-state index contributed by atoms with van der Waals surface area (Å²) in [5, 5.41) is 3.11. The molecule has 0 aromatic heterocycles. The molecule has 0 aliphatic rings. The minimum atomic E-state index is -1.12. The summed E-state index contributed by atoms with van der Waals surface area (Å²) >= 11 is 1.24. The predicted molar refractivity (Wildman–Crippen MR) is 242 cm³/mol. The molecule has 1 rings (SSSR count). The zero-order valence-electron chi connectivity index (χ0n) is 40.2. The molecule has 0 bridgehead atoms. The molecule has 0 fully saturated rings. The summed E-state index contributed by atoms with van der Waals surface area (Å²) in [7, 11) is 3.18. The average Bonchev–Trinajstić information content (AvgIpc) is 3.17. The zero-order valence-corrected chi connectivity index (χ0v) is 41.0. The lowest BCUT2D eigenvalue weighted by atomic mass is 9.76. The number of nitrogens with zero attached hydrogens (tertiary/aromatic N) is 2. The summed E-state index contributed by atoms with van der Waals surface area (Å²) in [5.74, 6) is -0.193. The van der Waals surface area contributed by atoms with Crippen LogP contribution in [-0.2, 0) is 53.0 Å². The highest BCUT2D eigenvalue weighted by atomic mass is 32.2. The van der Waals surface area contributed by atoms with Crippen LogP contribution < -0.4 is 10.1 Å². The number of amides is 3. The predicted octanol–water partition coefficient (Wildman–Crippen LogP) is 6.45. The Morgan fingerprint density at radius 1 is 0.742 bits per heavy atom. The summed E-state index contributed by atoms with van der Waals surface area (Å²) in [6.07, 6.45) is 1.03. The van der Waals surface area contributed by atoms with Gasteiger partial charge in [-0.15, -0.1) is 0 Å². The third-order valence-electron chi connectivity index (χ3n) is 9.64. The van der Waals surface area contributed by atoms with E-state index in [1.54, 1.807) is 64.8 Å². The molecule has 1 aromatic rings. The van der Waals surface area contributed by atoms with Crippen LogP contribution in [-0.4, -0.2) is 148 Å². The van der Waals surface area contributed by atoms with Gasteiger partial charge in [0.15, 0.2) is 5.12 Å². The lowest BCUT2D eigenvalue weighted by Crippen LogP contribution is -2.63. The fourth-order valence-electron chi connectivity index (χ4n) is 6.33. The molecule has 3 atom stereocenters. The third kappa shape index (κ3) is 20.7. The van der Waals surface area contributed by atoms with Crippen molar-refractivity contribution < 1.29 is 57.1 Å². The second-order valence-electron chi connectivity index (χ2n) is 17.9. The second kappa shape index (κ2) is 27.5. The van der Waals surface area contributed by atoms with Gasteiger partial charge in [-0.1, -0.05) is 78.4 Å². The Hall–Kier alpha value is -3.70. The third-order valence-corrected chi connectivity index (χ3v) is 10.4. The zero-order chi connectivity index (χ0) is 47.3. The number of thioether (sulfide) groups is 1. The highest BCUT2D eigenvalue weighted by molar-refractivity contribution is 8.13. The number of carbonyl (C=O) groups excluding carboxylic acids is 5. The van der Waals surface area contributed by atoms with E-state index >= 15 is 0 Å². The van der Waals surface area contributed by atoms with Gasteiger partial charge in [-0.2, -0.15) is 0 Å². The first kappa shape index (κ1) is 56.3. The summed E-state index contributed by atoms with van der Waals surface area (Å²) in [6.45, 7) is 27.4. The van der Waals surface area contributed by atoms with E-state index in [0.29, 0.717) is 76.5 Å². The van der Waals surface area contributed by atoms with Crippen molar-refractivity contribution in [3.8, 4) is 5.75 Å². The minimum Gasteiger partial charge on any atom is -0.491 e. The molecular formula is C46H77N3O12S. The molecule has 0 heterocycles. The number of esters is 1. The van der Waals surface area contributed by atoms with Crippen LogP contribution in [0.15, 0.2) is 35.9 Å². The highest BCUT2D eigenvalue weighted by Gasteiger charge is 2.46. The van der Waals surface area contributed by atoms with Crippen molar-refractivity contribution in [1.29, 1.82) is 0 Å². The number of likely N-dealkylation sites (N-methyl/N-ethyl adjacent to an activating group) is 2. The first-order valence-corrected chi connectivity index (χ1v) is 22.4. The lowest BCUT2D eigenvalue weighted by Gasteiger charge is -2.42. The van der Waals surface area contributed by atoms with Gasteiger partial charge in [-0.05, 0) is 63.6 Å². The molecule has 1 N–H and O–H groups in total. The topological polar surface area (TPSA) is 168 Å². The average molecular weight is 896 g/mol.